The zero-order chi connectivity index (χ0) is 19.5. The molecule has 5 nitrogen and oxygen atoms in total. The normalized spacial score (nSPS) is 14.6. The predicted octanol–water partition coefficient (Wildman–Crippen LogP) is 3.95. The van der Waals surface area contributed by atoms with Crippen molar-refractivity contribution in [2.75, 3.05) is 26.2 Å². The Morgan fingerprint density at radius 3 is 2.86 bits per heavy atom. The van der Waals surface area contributed by atoms with Crippen molar-refractivity contribution in [1.82, 2.24) is 19.8 Å². The number of aromatic nitrogens is 2. The SMILES string of the molecule is Cn1c(-c2cncc(CNCCN3CCCC3)c2)c(C#N)c2c(Cl)cccc21. The highest BCUT2D eigenvalue weighted by atomic mass is 35.5. The van der Waals surface area contributed by atoms with Crippen LogP contribution in [0.15, 0.2) is 36.7 Å². The minimum Gasteiger partial charge on any atom is -0.342 e. The fourth-order valence-corrected chi connectivity index (χ4v) is 4.35. The second kappa shape index (κ2) is 8.32. The maximum Gasteiger partial charge on any atom is 0.102 e. The van der Waals surface area contributed by atoms with Crippen molar-refractivity contribution in [3.63, 3.8) is 0 Å². The van der Waals surface area contributed by atoms with Crippen molar-refractivity contribution >= 4 is 22.5 Å². The molecular weight excluding hydrogens is 370 g/mol. The van der Waals surface area contributed by atoms with Crippen LogP contribution in [-0.4, -0.2) is 40.6 Å². The van der Waals surface area contributed by atoms with E-state index in [9.17, 15) is 5.26 Å². The fraction of sp³-hybridized carbons (Fsp3) is 0.364. The molecule has 4 rings (SSSR count). The Morgan fingerprint density at radius 2 is 2.07 bits per heavy atom. The van der Waals surface area contributed by atoms with Crippen molar-refractivity contribution < 1.29 is 0 Å². The second-order valence-electron chi connectivity index (χ2n) is 7.34. The summed E-state index contributed by atoms with van der Waals surface area (Å²) in [7, 11) is 1.97. The molecule has 3 aromatic rings. The van der Waals surface area contributed by atoms with E-state index < -0.39 is 0 Å². The van der Waals surface area contributed by atoms with Crippen LogP contribution in [0.4, 0.5) is 0 Å². The average Bonchev–Trinajstić information content (AvgIpc) is 3.32. The second-order valence-corrected chi connectivity index (χ2v) is 7.74. The third kappa shape index (κ3) is 3.64. The Balaban J connectivity index is 1.57. The van der Waals surface area contributed by atoms with Gasteiger partial charge in [0.05, 0.1) is 21.8 Å². The van der Waals surface area contributed by atoms with Crippen molar-refractivity contribution in [2.24, 2.45) is 7.05 Å². The molecule has 1 fully saturated rings. The van der Waals surface area contributed by atoms with E-state index in [4.69, 9.17) is 11.6 Å². The number of pyridine rings is 1. The van der Waals surface area contributed by atoms with E-state index in [-0.39, 0.29) is 0 Å². The molecule has 144 valence electrons. The fourth-order valence-electron chi connectivity index (χ4n) is 4.08. The average molecular weight is 394 g/mol. The van der Waals surface area contributed by atoms with Gasteiger partial charge in [0, 0.05) is 50.0 Å². The van der Waals surface area contributed by atoms with Crippen molar-refractivity contribution in [1.29, 1.82) is 5.26 Å². The summed E-state index contributed by atoms with van der Waals surface area (Å²) >= 11 is 6.39. The Hall–Kier alpha value is -2.39. The smallest absolute Gasteiger partial charge is 0.102 e. The lowest BCUT2D eigenvalue weighted by Gasteiger charge is -2.14. The molecule has 0 radical (unpaired) electrons. The maximum absolute atomic E-state index is 9.80. The summed E-state index contributed by atoms with van der Waals surface area (Å²) in [4.78, 5) is 6.92. The Bertz CT molecular complexity index is 1030. The molecule has 0 spiro atoms. The van der Waals surface area contributed by atoms with Gasteiger partial charge in [0.2, 0.25) is 0 Å². The zero-order valence-corrected chi connectivity index (χ0v) is 16.8. The molecule has 1 aliphatic rings. The third-order valence-corrected chi connectivity index (χ3v) is 5.80. The number of hydrogen-bond donors (Lipinski definition) is 1. The molecule has 1 saturated heterocycles. The van der Waals surface area contributed by atoms with Crippen LogP contribution in [0.25, 0.3) is 22.2 Å². The van der Waals surface area contributed by atoms with Gasteiger partial charge in [-0.05, 0) is 49.7 Å². The molecule has 0 unspecified atom stereocenters. The highest BCUT2D eigenvalue weighted by molar-refractivity contribution is 6.36. The van der Waals surface area contributed by atoms with Gasteiger partial charge in [-0.2, -0.15) is 5.26 Å². The summed E-state index contributed by atoms with van der Waals surface area (Å²) in [6.45, 7) is 5.27. The minimum atomic E-state index is 0.601. The number of benzene rings is 1. The number of halogens is 1. The van der Waals surface area contributed by atoms with Gasteiger partial charge in [0.15, 0.2) is 0 Å². The van der Waals surface area contributed by atoms with Gasteiger partial charge in [-0.1, -0.05) is 17.7 Å². The number of rotatable bonds is 6. The Morgan fingerprint density at radius 1 is 1.25 bits per heavy atom. The molecule has 2 aromatic heterocycles. The van der Waals surface area contributed by atoms with E-state index in [0.29, 0.717) is 10.6 Å². The number of nitrogens with one attached hydrogen (secondary N) is 1. The number of nitrogens with zero attached hydrogens (tertiary/aromatic N) is 4. The molecule has 0 bridgehead atoms. The van der Waals surface area contributed by atoms with Crippen molar-refractivity contribution in [2.45, 2.75) is 19.4 Å². The van der Waals surface area contributed by atoms with Gasteiger partial charge in [-0.15, -0.1) is 0 Å². The number of hydrogen-bond acceptors (Lipinski definition) is 4. The van der Waals surface area contributed by atoms with Crippen LogP contribution in [-0.2, 0) is 13.6 Å². The zero-order valence-electron chi connectivity index (χ0n) is 16.1. The Kier molecular flexibility index (Phi) is 5.63. The lowest BCUT2D eigenvalue weighted by Crippen LogP contribution is -2.29. The molecule has 28 heavy (non-hydrogen) atoms. The van der Waals surface area contributed by atoms with Crippen molar-refractivity contribution in [3.8, 4) is 17.3 Å². The van der Waals surface area contributed by atoms with Crippen LogP contribution in [0, 0.1) is 11.3 Å². The first-order valence-corrected chi connectivity index (χ1v) is 10.1. The van der Waals surface area contributed by atoms with Crippen LogP contribution in [0.2, 0.25) is 5.02 Å². The lowest BCUT2D eigenvalue weighted by molar-refractivity contribution is 0.335. The highest BCUT2D eigenvalue weighted by Crippen LogP contribution is 2.36. The van der Waals surface area contributed by atoms with E-state index in [2.05, 4.69) is 27.3 Å². The Labute approximate surface area is 170 Å². The standard InChI is InChI=1S/C22H24ClN5/c1-27-20-6-4-5-19(23)21(20)18(12-24)22(27)17-11-16(14-26-15-17)13-25-7-10-28-8-2-3-9-28/h4-6,11,14-15,25H,2-3,7-10,13H2,1H3. The van der Waals surface area contributed by atoms with Crippen LogP contribution >= 0.6 is 11.6 Å². The number of nitriles is 1. The first kappa shape index (κ1) is 18.9. The summed E-state index contributed by atoms with van der Waals surface area (Å²) in [6, 6.07) is 10.2. The maximum atomic E-state index is 9.80. The van der Waals surface area contributed by atoms with E-state index >= 15 is 0 Å². The largest absolute Gasteiger partial charge is 0.342 e. The van der Waals surface area contributed by atoms with Gasteiger partial charge in [-0.25, -0.2) is 0 Å². The summed E-state index contributed by atoms with van der Waals surface area (Å²) in [6.07, 6.45) is 6.34. The molecule has 0 atom stereocenters. The number of aryl methyl sites for hydroxylation is 1. The topological polar surface area (TPSA) is 56.9 Å². The first-order chi connectivity index (χ1) is 13.7. The van der Waals surface area contributed by atoms with E-state index in [1.54, 1.807) is 0 Å². The quantitative estimate of drug-likeness (QED) is 0.644. The molecule has 0 amide bonds. The highest BCUT2D eigenvalue weighted by Gasteiger charge is 2.19. The summed E-state index contributed by atoms with van der Waals surface area (Å²) < 4.78 is 2.03. The number of likely N-dealkylation sites (tertiary alicyclic amines) is 1. The molecule has 3 heterocycles. The summed E-state index contributed by atoms with van der Waals surface area (Å²) in [5.41, 5.74) is 4.46. The minimum absolute atomic E-state index is 0.601. The molecule has 6 heteroatoms. The van der Waals surface area contributed by atoms with Gasteiger partial charge in [0.25, 0.3) is 0 Å². The van der Waals surface area contributed by atoms with E-state index in [1.807, 2.05) is 42.2 Å². The lowest BCUT2D eigenvalue weighted by atomic mass is 10.1. The third-order valence-electron chi connectivity index (χ3n) is 5.49. The van der Waals surface area contributed by atoms with Crippen LogP contribution in [0.1, 0.15) is 24.0 Å². The molecule has 0 saturated carbocycles. The van der Waals surface area contributed by atoms with E-state index in [1.165, 1.54) is 25.9 Å². The monoisotopic (exact) mass is 393 g/mol. The number of fused-ring (bicyclic) bond motifs is 1. The molecule has 0 aliphatic carbocycles. The van der Waals surface area contributed by atoms with Gasteiger partial charge >= 0.3 is 0 Å². The molecule has 1 aliphatic heterocycles. The van der Waals surface area contributed by atoms with Crippen LogP contribution in [0.3, 0.4) is 0 Å². The predicted molar refractivity (Wildman–Crippen MR) is 113 cm³/mol. The summed E-state index contributed by atoms with van der Waals surface area (Å²) in [5, 5.41) is 14.7. The van der Waals surface area contributed by atoms with Crippen LogP contribution < -0.4 is 5.32 Å². The van der Waals surface area contributed by atoms with Gasteiger partial charge in [0.1, 0.15) is 6.07 Å². The molecule has 1 N–H and O–H groups in total. The summed E-state index contributed by atoms with van der Waals surface area (Å²) in [5.74, 6) is 0. The van der Waals surface area contributed by atoms with Gasteiger partial charge in [-0.3, -0.25) is 4.98 Å². The van der Waals surface area contributed by atoms with E-state index in [0.717, 1.165) is 47.4 Å². The molecular formula is C22H24ClN5. The first-order valence-electron chi connectivity index (χ1n) is 9.73. The molecule has 1 aromatic carbocycles. The van der Waals surface area contributed by atoms with Crippen LogP contribution in [0.5, 0.6) is 0 Å². The van der Waals surface area contributed by atoms with Crippen molar-refractivity contribution in [3.05, 3.63) is 52.8 Å². The van der Waals surface area contributed by atoms with Gasteiger partial charge < -0.3 is 14.8 Å².